The Morgan fingerprint density at radius 3 is 2.26 bits per heavy atom. The predicted octanol–water partition coefficient (Wildman–Crippen LogP) is 8.67. The zero-order valence-electron chi connectivity index (χ0n) is 22.6. The van der Waals surface area contributed by atoms with Crippen molar-refractivity contribution in [2.24, 2.45) is 12.5 Å². The first-order chi connectivity index (χ1) is 18.2. The fourth-order valence-corrected chi connectivity index (χ4v) is 5.63. The molecule has 2 aromatic heterocycles. The van der Waals surface area contributed by atoms with Crippen LogP contribution in [0.15, 0.2) is 89.5 Å². The number of furan rings is 1. The van der Waals surface area contributed by atoms with Gasteiger partial charge in [-0.15, -0.1) is 0 Å². The maximum absolute atomic E-state index is 10.1. The second kappa shape index (κ2) is 8.85. The Hall–Kier alpha value is -4.42. The molecule has 3 heteroatoms. The van der Waals surface area contributed by atoms with E-state index in [4.69, 9.17) is 4.42 Å². The molecule has 0 unspecified atom stereocenters. The van der Waals surface area contributed by atoms with Gasteiger partial charge in [-0.25, -0.2) is 4.57 Å². The Balaban J connectivity index is 1.65. The van der Waals surface area contributed by atoms with Crippen LogP contribution in [0.4, 0.5) is 0 Å². The molecule has 0 atom stereocenters. The van der Waals surface area contributed by atoms with Crippen LogP contribution in [0.2, 0.25) is 0 Å². The minimum atomic E-state index is 0.195. The van der Waals surface area contributed by atoms with Gasteiger partial charge in [-0.1, -0.05) is 69.3 Å². The van der Waals surface area contributed by atoms with Crippen LogP contribution in [0.5, 0.6) is 0 Å². The lowest BCUT2D eigenvalue weighted by Crippen LogP contribution is -2.31. The SMILES string of the molecule is Cc1ccc2c(oc3c(-c4ccc5ccccc5c4)c(C#N)ccc32)c1-c1cc(CC(C)(C)C)cc[n+]1C. The Kier molecular flexibility index (Phi) is 5.58. The molecule has 0 spiro atoms. The fourth-order valence-electron chi connectivity index (χ4n) is 5.63. The van der Waals surface area contributed by atoms with E-state index >= 15 is 0 Å². The van der Waals surface area contributed by atoms with E-state index in [1.807, 2.05) is 24.3 Å². The van der Waals surface area contributed by atoms with Gasteiger partial charge in [0.2, 0.25) is 5.69 Å². The lowest BCUT2D eigenvalue weighted by molar-refractivity contribution is -0.660. The third kappa shape index (κ3) is 4.03. The molecule has 4 aromatic carbocycles. The largest absolute Gasteiger partial charge is 0.454 e. The van der Waals surface area contributed by atoms with E-state index in [1.54, 1.807) is 0 Å². The molecule has 0 aliphatic heterocycles. The maximum Gasteiger partial charge on any atom is 0.216 e. The third-order valence-corrected chi connectivity index (χ3v) is 7.38. The average Bonchev–Trinajstić information content (AvgIpc) is 3.26. The van der Waals surface area contributed by atoms with Crippen molar-refractivity contribution in [1.29, 1.82) is 5.26 Å². The highest BCUT2D eigenvalue weighted by Gasteiger charge is 2.24. The zero-order valence-corrected chi connectivity index (χ0v) is 22.6. The van der Waals surface area contributed by atoms with Crippen LogP contribution in [0.1, 0.15) is 37.5 Å². The van der Waals surface area contributed by atoms with Crippen molar-refractivity contribution < 1.29 is 8.98 Å². The lowest BCUT2D eigenvalue weighted by atomic mass is 9.87. The summed E-state index contributed by atoms with van der Waals surface area (Å²) < 4.78 is 8.96. The van der Waals surface area contributed by atoms with Crippen LogP contribution in [-0.4, -0.2) is 0 Å². The summed E-state index contributed by atoms with van der Waals surface area (Å²) in [6, 6.07) is 29.8. The number of hydrogen-bond acceptors (Lipinski definition) is 2. The summed E-state index contributed by atoms with van der Waals surface area (Å²) in [4.78, 5) is 0. The van der Waals surface area contributed by atoms with Gasteiger partial charge in [0.05, 0.1) is 17.2 Å². The molecule has 6 aromatic rings. The highest BCUT2D eigenvalue weighted by molar-refractivity contribution is 6.14. The Morgan fingerprint density at radius 2 is 1.53 bits per heavy atom. The molecule has 0 N–H and O–H groups in total. The van der Waals surface area contributed by atoms with Crippen LogP contribution in [0.25, 0.3) is 55.1 Å². The number of rotatable bonds is 3. The third-order valence-electron chi connectivity index (χ3n) is 7.38. The van der Waals surface area contributed by atoms with Gasteiger partial charge in [-0.2, -0.15) is 5.26 Å². The molecule has 38 heavy (non-hydrogen) atoms. The monoisotopic (exact) mass is 495 g/mol. The van der Waals surface area contributed by atoms with Crippen molar-refractivity contribution in [2.45, 2.75) is 34.1 Å². The summed E-state index contributed by atoms with van der Waals surface area (Å²) in [6.07, 6.45) is 3.14. The highest BCUT2D eigenvalue weighted by atomic mass is 16.3. The van der Waals surface area contributed by atoms with Gasteiger partial charge in [0.15, 0.2) is 6.20 Å². The first-order valence-corrected chi connectivity index (χ1v) is 13.1. The topological polar surface area (TPSA) is 40.8 Å². The van der Waals surface area contributed by atoms with E-state index in [1.165, 1.54) is 10.9 Å². The Labute approximate surface area is 223 Å². The number of nitriles is 1. The number of hydrogen-bond donors (Lipinski definition) is 0. The van der Waals surface area contributed by atoms with Crippen molar-refractivity contribution in [2.75, 3.05) is 0 Å². The average molecular weight is 496 g/mol. The normalized spacial score (nSPS) is 11.9. The van der Waals surface area contributed by atoms with Crippen molar-refractivity contribution in [3.63, 3.8) is 0 Å². The number of aryl methyl sites for hydroxylation is 2. The summed E-state index contributed by atoms with van der Waals surface area (Å²) in [5.41, 5.74) is 8.96. The number of nitrogens with zero attached hydrogens (tertiary/aromatic N) is 2. The molecule has 0 radical (unpaired) electrons. The summed E-state index contributed by atoms with van der Waals surface area (Å²) in [6.45, 7) is 8.95. The minimum Gasteiger partial charge on any atom is -0.454 e. The van der Waals surface area contributed by atoms with Crippen molar-refractivity contribution in [3.8, 4) is 28.5 Å². The smallest absolute Gasteiger partial charge is 0.216 e. The maximum atomic E-state index is 10.1. The van der Waals surface area contributed by atoms with E-state index in [2.05, 4.69) is 106 Å². The number of benzene rings is 4. The van der Waals surface area contributed by atoms with Crippen LogP contribution >= 0.6 is 0 Å². The zero-order chi connectivity index (χ0) is 26.6. The van der Waals surface area contributed by atoms with E-state index in [-0.39, 0.29) is 5.41 Å². The lowest BCUT2D eigenvalue weighted by Gasteiger charge is -2.18. The van der Waals surface area contributed by atoms with Crippen LogP contribution in [0.3, 0.4) is 0 Å². The summed E-state index contributed by atoms with van der Waals surface area (Å²) in [7, 11) is 2.09. The minimum absolute atomic E-state index is 0.195. The standard InChI is InChI=1S/C35H31N2O/c1-22-10-14-28-29-15-13-27(21-36)32(26-12-11-24-8-6-7-9-25(24)19-26)34(29)38-33(28)31(22)30-18-23(16-17-37(30)5)20-35(2,3)4/h6-19H,20H2,1-5H3/q+1. The second-order valence-corrected chi connectivity index (χ2v) is 11.5. The van der Waals surface area contributed by atoms with Gasteiger partial charge in [0.1, 0.15) is 18.2 Å². The van der Waals surface area contributed by atoms with E-state index in [0.717, 1.165) is 61.7 Å². The Bertz CT molecular complexity index is 1910. The molecular formula is C35H31N2O+. The van der Waals surface area contributed by atoms with E-state index in [9.17, 15) is 5.26 Å². The van der Waals surface area contributed by atoms with Crippen molar-refractivity contribution in [3.05, 3.63) is 102 Å². The van der Waals surface area contributed by atoms with Gasteiger partial charge >= 0.3 is 0 Å². The molecule has 6 rings (SSSR count). The first-order valence-electron chi connectivity index (χ1n) is 13.1. The highest BCUT2D eigenvalue weighted by Crippen LogP contribution is 2.42. The summed E-state index contributed by atoms with van der Waals surface area (Å²) >= 11 is 0. The summed E-state index contributed by atoms with van der Waals surface area (Å²) in [5.74, 6) is 0. The summed E-state index contributed by atoms with van der Waals surface area (Å²) in [5, 5.41) is 14.5. The molecule has 0 bridgehead atoms. The van der Waals surface area contributed by atoms with Crippen LogP contribution < -0.4 is 4.57 Å². The molecule has 186 valence electrons. The molecule has 0 aliphatic carbocycles. The van der Waals surface area contributed by atoms with E-state index < -0.39 is 0 Å². The molecule has 0 fully saturated rings. The quantitative estimate of drug-likeness (QED) is 0.230. The van der Waals surface area contributed by atoms with Crippen LogP contribution in [-0.2, 0) is 13.5 Å². The van der Waals surface area contributed by atoms with Gasteiger partial charge in [-0.3, -0.25) is 0 Å². The van der Waals surface area contributed by atoms with Gasteiger partial charge in [0, 0.05) is 28.5 Å². The number of aromatic nitrogens is 1. The molecule has 0 saturated carbocycles. The van der Waals surface area contributed by atoms with Crippen molar-refractivity contribution in [1.82, 2.24) is 0 Å². The molecule has 2 heterocycles. The molecule has 0 saturated heterocycles. The number of pyridine rings is 1. The van der Waals surface area contributed by atoms with Crippen LogP contribution in [0, 0.1) is 23.7 Å². The van der Waals surface area contributed by atoms with Gasteiger partial charge in [-0.05, 0) is 64.4 Å². The molecule has 0 aliphatic rings. The fraction of sp³-hybridized carbons (Fsp3) is 0.200. The number of fused-ring (bicyclic) bond motifs is 4. The first kappa shape index (κ1) is 23.9. The predicted molar refractivity (Wildman–Crippen MR) is 156 cm³/mol. The van der Waals surface area contributed by atoms with Crippen molar-refractivity contribution >= 4 is 32.7 Å². The van der Waals surface area contributed by atoms with E-state index in [0.29, 0.717) is 5.56 Å². The molecule has 0 amide bonds. The van der Waals surface area contributed by atoms with Gasteiger partial charge in [0.25, 0.3) is 0 Å². The Morgan fingerprint density at radius 1 is 0.816 bits per heavy atom. The molecular weight excluding hydrogens is 464 g/mol. The van der Waals surface area contributed by atoms with Gasteiger partial charge < -0.3 is 4.42 Å². The molecule has 3 nitrogen and oxygen atoms in total. The second-order valence-electron chi connectivity index (χ2n) is 11.5.